The smallest absolute Gasteiger partial charge is 0.0992 e. The summed E-state index contributed by atoms with van der Waals surface area (Å²) < 4.78 is 0. The monoisotopic (exact) mass is 246 g/mol. The minimum Gasteiger partial charge on any atom is -0.389 e. The number of nitriles is 1. The van der Waals surface area contributed by atoms with Gasteiger partial charge in [0, 0.05) is 24.3 Å². The van der Waals surface area contributed by atoms with Crippen LogP contribution in [0.25, 0.3) is 0 Å². The number of hydrogen-bond donors (Lipinski definition) is 1. The average molecular weight is 246 g/mol. The molecule has 0 amide bonds. The van der Waals surface area contributed by atoms with Gasteiger partial charge in [-0.3, -0.25) is 0 Å². The van der Waals surface area contributed by atoms with E-state index in [-0.39, 0.29) is 0 Å². The minimum atomic E-state index is -0.533. The molecule has 3 heteroatoms. The van der Waals surface area contributed by atoms with Gasteiger partial charge in [-0.25, -0.2) is 0 Å². The van der Waals surface area contributed by atoms with Gasteiger partial charge in [0.05, 0.1) is 17.7 Å². The van der Waals surface area contributed by atoms with E-state index in [0.29, 0.717) is 17.5 Å². The molecule has 0 spiro atoms. The van der Waals surface area contributed by atoms with E-state index < -0.39 is 6.10 Å². The molecule has 3 nitrogen and oxygen atoms in total. The summed E-state index contributed by atoms with van der Waals surface area (Å²) in [6.07, 6.45) is -0.533. The zero-order valence-electron chi connectivity index (χ0n) is 11.8. The summed E-state index contributed by atoms with van der Waals surface area (Å²) >= 11 is 0. The molecule has 0 fully saturated rings. The Kier molecular flexibility index (Phi) is 4.75. The Morgan fingerprint density at radius 1 is 1.22 bits per heavy atom. The Morgan fingerprint density at radius 3 is 2.28 bits per heavy atom. The molecule has 1 rings (SSSR count). The molecule has 2 atom stereocenters. The van der Waals surface area contributed by atoms with Crippen LogP contribution in [0.4, 0.5) is 5.69 Å². The largest absolute Gasteiger partial charge is 0.389 e. The first kappa shape index (κ1) is 14.5. The Balaban J connectivity index is 3.23. The van der Waals surface area contributed by atoms with Gasteiger partial charge in [0.2, 0.25) is 0 Å². The second-order valence-electron chi connectivity index (χ2n) is 5.16. The highest BCUT2D eigenvalue weighted by Crippen LogP contribution is 2.29. The molecule has 0 saturated heterocycles. The minimum absolute atomic E-state index is 0.344. The van der Waals surface area contributed by atoms with E-state index in [1.165, 1.54) is 0 Å². The highest BCUT2D eigenvalue weighted by atomic mass is 16.3. The van der Waals surface area contributed by atoms with Crippen LogP contribution in [0.5, 0.6) is 0 Å². The lowest BCUT2D eigenvalue weighted by atomic mass is 10.00. The average Bonchev–Trinajstić information content (AvgIpc) is 2.35. The van der Waals surface area contributed by atoms with Crippen molar-refractivity contribution in [2.24, 2.45) is 5.92 Å². The molecule has 0 bridgehead atoms. The molecule has 1 aromatic rings. The Labute approximate surface area is 110 Å². The van der Waals surface area contributed by atoms with Crippen molar-refractivity contribution in [1.82, 2.24) is 0 Å². The van der Waals surface area contributed by atoms with E-state index in [1.807, 2.05) is 19.2 Å². The molecule has 1 unspecified atom stereocenters. The van der Waals surface area contributed by atoms with Gasteiger partial charge in [-0.1, -0.05) is 19.9 Å². The number of hydrogen-bond acceptors (Lipinski definition) is 3. The number of anilines is 1. The maximum Gasteiger partial charge on any atom is 0.0992 e. The van der Waals surface area contributed by atoms with Crippen LogP contribution in [0, 0.1) is 17.2 Å². The molecule has 18 heavy (non-hydrogen) atoms. The van der Waals surface area contributed by atoms with Crippen LogP contribution in [-0.2, 0) is 0 Å². The number of rotatable bonds is 4. The topological polar surface area (TPSA) is 47.3 Å². The van der Waals surface area contributed by atoms with Gasteiger partial charge in [-0.15, -0.1) is 0 Å². The molecule has 0 aliphatic carbocycles. The fourth-order valence-corrected chi connectivity index (χ4v) is 1.94. The SMILES string of the molecule is CC(C)C(C)N(C)c1cc(C#N)ccc1[C@@H](C)O. The van der Waals surface area contributed by atoms with Crippen molar-refractivity contribution >= 4 is 5.69 Å². The van der Waals surface area contributed by atoms with Gasteiger partial charge in [-0.05, 0) is 31.9 Å². The fourth-order valence-electron chi connectivity index (χ4n) is 1.94. The first-order chi connectivity index (χ1) is 8.38. The highest BCUT2D eigenvalue weighted by molar-refractivity contribution is 5.58. The van der Waals surface area contributed by atoms with Crippen molar-refractivity contribution in [3.63, 3.8) is 0 Å². The maximum absolute atomic E-state index is 9.83. The lowest BCUT2D eigenvalue weighted by Gasteiger charge is -2.32. The second kappa shape index (κ2) is 5.88. The third kappa shape index (κ3) is 3.02. The summed E-state index contributed by atoms with van der Waals surface area (Å²) in [5.74, 6) is 0.502. The first-order valence-electron chi connectivity index (χ1n) is 6.33. The standard InChI is InChI=1S/C15H22N2O/c1-10(2)11(3)17(5)15-8-13(9-16)6-7-14(15)12(4)18/h6-8,10-12,18H,1-5H3/t11?,12-/m1/s1. The van der Waals surface area contributed by atoms with Crippen molar-refractivity contribution in [2.75, 3.05) is 11.9 Å². The summed E-state index contributed by atoms with van der Waals surface area (Å²) in [6, 6.07) is 7.93. The fraction of sp³-hybridized carbons (Fsp3) is 0.533. The summed E-state index contributed by atoms with van der Waals surface area (Å²) in [7, 11) is 2.01. The van der Waals surface area contributed by atoms with E-state index in [1.54, 1.807) is 13.0 Å². The van der Waals surface area contributed by atoms with Gasteiger partial charge in [0.25, 0.3) is 0 Å². The lowest BCUT2D eigenvalue weighted by Crippen LogP contribution is -2.34. The molecule has 0 heterocycles. The summed E-state index contributed by atoms with van der Waals surface area (Å²) in [4.78, 5) is 2.13. The molecule has 1 N–H and O–H groups in total. The number of nitrogens with zero attached hydrogens (tertiary/aromatic N) is 2. The third-order valence-electron chi connectivity index (χ3n) is 3.57. The predicted molar refractivity (Wildman–Crippen MR) is 74.5 cm³/mol. The normalized spacial score (nSPS) is 14.1. The van der Waals surface area contributed by atoms with Crippen LogP contribution in [0.3, 0.4) is 0 Å². The predicted octanol–water partition coefficient (Wildman–Crippen LogP) is 3.09. The van der Waals surface area contributed by atoms with Crippen LogP contribution < -0.4 is 4.90 Å². The number of benzene rings is 1. The van der Waals surface area contributed by atoms with Gasteiger partial charge >= 0.3 is 0 Å². The summed E-state index contributed by atoms with van der Waals surface area (Å²) in [5.41, 5.74) is 2.42. The van der Waals surface area contributed by atoms with E-state index in [0.717, 1.165) is 11.3 Å². The van der Waals surface area contributed by atoms with Crippen molar-refractivity contribution in [1.29, 1.82) is 5.26 Å². The van der Waals surface area contributed by atoms with Gasteiger partial charge < -0.3 is 10.0 Å². The van der Waals surface area contributed by atoms with Gasteiger partial charge in [0.1, 0.15) is 0 Å². The molecule has 1 aromatic carbocycles. The first-order valence-corrected chi connectivity index (χ1v) is 6.33. The van der Waals surface area contributed by atoms with Crippen molar-refractivity contribution < 1.29 is 5.11 Å². The van der Waals surface area contributed by atoms with E-state index in [4.69, 9.17) is 5.26 Å². The third-order valence-corrected chi connectivity index (χ3v) is 3.57. The second-order valence-corrected chi connectivity index (χ2v) is 5.16. The quantitative estimate of drug-likeness (QED) is 0.888. The van der Waals surface area contributed by atoms with Gasteiger partial charge in [0.15, 0.2) is 0 Å². The van der Waals surface area contributed by atoms with Crippen molar-refractivity contribution in [2.45, 2.75) is 39.8 Å². The van der Waals surface area contributed by atoms with Crippen LogP contribution in [0.15, 0.2) is 18.2 Å². The number of aliphatic hydroxyl groups excluding tert-OH is 1. The van der Waals surface area contributed by atoms with Crippen LogP contribution >= 0.6 is 0 Å². The highest BCUT2D eigenvalue weighted by Gasteiger charge is 2.18. The van der Waals surface area contributed by atoms with Crippen molar-refractivity contribution in [3.8, 4) is 6.07 Å². The van der Waals surface area contributed by atoms with E-state index >= 15 is 0 Å². The Morgan fingerprint density at radius 2 is 1.83 bits per heavy atom. The molecular formula is C15H22N2O. The Bertz CT molecular complexity index is 446. The van der Waals surface area contributed by atoms with Crippen molar-refractivity contribution in [3.05, 3.63) is 29.3 Å². The molecule has 0 saturated carbocycles. The van der Waals surface area contributed by atoms with Crippen LogP contribution in [-0.4, -0.2) is 18.2 Å². The number of aliphatic hydroxyl groups is 1. The van der Waals surface area contributed by atoms with Crippen LogP contribution in [0.2, 0.25) is 0 Å². The molecule has 0 radical (unpaired) electrons. The van der Waals surface area contributed by atoms with Gasteiger partial charge in [-0.2, -0.15) is 5.26 Å². The van der Waals surface area contributed by atoms with E-state index in [9.17, 15) is 5.11 Å². The molecule has 0 aromatic heterocycles. The summed E-state index contributed by atoms with van der Waals surface area (Å²) in [6.45, 7) is 8.23. The molecule has 0 aliphatic rings. The Hall–Kier alpha value is -1.53. The van der Waals surface area contributed by atoms with E-state index in [2.05, 4.69) is 31.7 Å². The molecule has 0 aliphatic heterocycles. The maximum atomic E-state index is 9.83. The summed E-state index contributed by atoms with van der Waals surface area (Å²) in [5, 5.41) is 18.8. The molecule has 98 valence electrons. The molecular weight excluding hydrogens is 224 g/mol. The van der Waals surface area contributed by atoms with Crippen LogP contribution in [0.1, 0.15) is 44.9 Å². The zero-order valence-corrected chi connectivity index (χ0v) is 11.8. The zero-order chi connectivity index (χ0) is 13.9. The lowest BCUT2D eigenvalue weighted by molar-refractivity contribution is 0.199.